The van der Waals surface area contributed by atoms with Gasteiger partial charge in [0.15, 0.2) is 0 Å². The van der Waals surface area contributed by atoms with Gasteiger partial charge in [-0.3, -0.25) is 14.5 Å². The molecule has 0 aromatic heterocycles. The number of carboxylic acids is 1. The van der Waals surface area contributed by atoms with Crippen molar-refractivity contribution in [3.63, 3.8) is 0 Å². The first-order chi connectivity index (χ1) is 12.6. The van der Waals surface area contributed by atoms with E-state index in [1.54, 1.807) is 0 Å². The molecule has 1 aromatic rings. The second kappa shape index (κ2) is 7.03. The van der Waals surface area contributed by atoms with Crippen molar-refractivity contribution < 1.29 is 14.7 Å². The summed E-state index contributed by atoms with van der Waals surface area (Å²) in [6.45, 7) is 3.80. The smallest absolute Gasteiger partial charge is 0.308 e. The van der Waals surface area contributed by atoms with Crippen molar-refractivity contribution in [2.24, 2.45) is 17.3 Å². The number of hydrogen-bond donors (Lipinski definition) is 1. The molecule has 3 aliphatic rings. The van der Waals surface area contributed by atoms with Gasteiger partial charge in [0.1, 0.15) is 0 Å². The first-order valence-corrected chi connectivity index (χ1v) is 9.87. The maximum absolute atomic E-state index is 13.5. The number of benzene rings is 1. The zero-order valence-corrected chi connectivity index (χ0v) is 15.3. The van der Waals surface area contributed by atoms with Crippen molar-refractivity contribution in [1.82, 2.24) is 9.80 Å². The van der Waals surface area contributed by atoms with Gasteiger partial charge in [0, 0.05) is 32.7 Å². The molecule has 4 rings (SSSR count). The minimum atomic E-state index is -0.764. The van der Waals surface area contributed by atoms with Crippen molar-refractivity contribution in [1.29, 1.82) is 0 Å². The van der Waals surface area contributed by atoms with Crippen LogP contribution >= 0.6 is 0 Å². The fourth-order valence-electron chi connectivity index (χ4n) is 5.38. The van der Waals surface area contributed by atoms with Crippen LogP contribution in [-0.4, -0.2) is 53.0 Å². The number of piperidine rings is 1. The predicted octanol–water partition coefficient (Wildman–Crippen LogP) is 2.61. The monoisotopic (exact) mass is 356 g/mol. The van der Waals surface area contributed by atoms with Crippen LogP contribution in [0.5, 0.6) is 0 Å². The van der Waals surface area contributed by atoms with E-state index in [1.165, 1.54) is 5.56 Å². The Bertz CT molecular complexity index is 677. The maximum Gasteiger partial charge on any atom is 0.308 e. The predicted molar refractivity (Wildman–Crippen MR) is 98.4 cm³/mol. The number of carbonyl (C=O) groups excluding carboxylic acids is 1. The minimum Gasteiger partial charge on any atom is -0.481 e. The lowest BCUT2D eigenvalue weighted by molar-refractivity contribution is -0.150. The van der Waals surface area contributed by atoms with Crippen molar-refractivity contribution in [2.75, 3.05) is 26.2 Å². The first kappa shape index (κ1) is 17.5. The Hall–Kier alpha value is -1.88. The second-order valence-corrected chi connectivity index (χ2v) is 8.33. The maximum atomic E-state index is 13.5. The summed E-state index contributed by atoms with van der Waals surface area (Å²) in [6.07, 6.45) is 4.68. The largest absolute Gasteiger partial charge is 0.481 e. The van der Waals surface area contributed by atoms with E-state index in [2.05, 4.69) is 29.2 Å². The molecule has 2 saturated heterocycles. The highest BCUT2D eigenvalue weighted by atomic mass is 16.4. The zero-order chi connectivity index (χ0) is 18.1. The van der Waals surface area contributed by atoms with E-state index in [9.17, 15) is 14.7 Å². The molecule has 5 heteroatoms. The highest BCUT2D eigenvalue weighted by molar-refractivity contribution is 5.85. The molecule has 3 fully saturated rings. The molecule has 5 nitrogen and oxygen atoms in total. The molecule has 1 aromatic carbocycles. The number of amides is 1. The number of nitrogens with zero attached hydrogens (tertiary/aromatic N) is 2. The van der Waals surface area contributed by atoms with E-state index < -0.39 is 11.9 Å². The van der Waals surface area contributed by atoms with Gasteiger partial charge in [-0.1, -0.05) is 36.8 Å². The van der Waals surface area contributed by atoms with E-state index in [1.807, 2.05) is 11.0 Å². The first-order valence-electron chi connectivity index (χ1n) is 9.87. The number of hydrogen-bond acceptors (Lipinski definition) is 3. The molecule has 0 radical (unpaired) electrons. The molecule has 3 atom stereocenters. The number of rotatable bonds is 4. The summed E-state index contributed by atoms with van der Waals surface area (Å²) in [6, 6.07) is 10.4. The highest BCUT2D eigenvalue weighted by Gasteiger charge is 2.55. The average molecular weight is 356 g/mol. The number of likely N-dealkylation sites (tertiary alicyclic amines) is 2. The molecule has 1 amide bonds. The quantitative estimate of drug-likeness (QED) is 0.901. The van der Waals surface area contributed by atoms with Crippen LogP contribution in [0.1, 0.15) is 37.7 Å². The van der Waals surface area contributed by atoms with Crippen LogP contribution in [0.15, 0.2) is 30.3 Å². The average Bonchev–Trinajstić information content (AvgIpc) is 3.20. The Labute approximate surface area is 155 Å². The number of carboxylic acid groups (broad SMARTS) is 1. The molecule has 140 valence electrons. The molecule has 0 spiro atoms. The molecule has 1 N–H and O–H groups in total. The van der Waals surface area contributed by atoms with E-state index >= 15 is 0 Å². The van der Waals surface area contributed by atoms with Crippen molar-refractivity contribution >= 4 is 11.9 Å². The number of fused-ring (bicyclic) bond motifs is 1. The Balaban J connectivity index is 1.48. The van der Waals surface area contributed by atoms with Crippen LogP contribution < -0.4 is 0 Å². The fourth-order valence-corrected chi connectivity index (χ4v) is 5.38. The summed E-state index contributed by atoms with van der Waals surface area (Å²) >= 11 is 0. The summed E-state index contributed by atoms with van der Waals surface area (Å²) in [4.78, 5) is 29.1. The third-order valence-electron chi connectivity index (χ3n) is 6.67. The summed E-state index contributed by atoms with van der Waals surface area (Å²) in [5.74, 6) is -0.517. The zero-order valence-electron chi connectivity index (χ0n) is 15.3. The van der Waals surface area contributed by atoms with Crippen LogP contribution in [0.25, 0.3) is 0 Å². The van der Waals surface area contributed by atoms with E-state index in [0.717, 1.165) is 51.9 Å². The van der Waals surface area contributed by atoms with Crippen molar-refractivity contribution in [3.8, 4) is 0 Å². The second-order valence-electron chi connectivity index (χ2n) is 8.33. The number of aliphatic carboxylic acids is 1. The van der Waals surface area contributed by atoms with Crippen molar-refractivity contribution in [3.05, 3.63) is 35.9 Å². The Morgan fingerprint density at radius 1 is 1.12 bits per heavy atom. The van der Waals surface area contributed by atoms with E-state index in [-0.39, 0.29) is 11.3 Å². The van der Waals surface area contributed by atoms with Gasteiger partial charge in [-0.05, 0) is 37.2 Å². The van der Waals surface area contributed by atoms with E-state index in [4.69, 9.17) is 0 Å². The SMILES string of the molecule is O=C(O)C1CCCN(C(=O)[C@@]23CCC[C@@H]2CN(Cc2ccccc2)C3)C1. The Kier molecular flexibility index (Phi) is 4.74. The van der Waals surface area contributed by atoms with Gasteiger partial charge in [0.05, 0.1) is 11.3 Å². The van der Waals surface area contributed by atoms with Gasteiger partial charge in [-0.15, -0.1) is 0 Å². The van der Waals surface area contributed by atoms with Crippen LogP contribution in [0.2, 0.25) is 0 Å². The third kappa shape index (κ3) is 3.13. The van der Waals surface area contributed by atoms with Crippen molar-refractivity contribution in [2.45, 2.75) is 38.6 Å². The molecule has 1 unspecified atom stereocenters. The standard InChI is InChI=1S/C21H28N2O3/c24-19(25)17-8-5-11-23(13-17)20(26)21-10-4-9-18(21)14-22(15-21)12-16-6-2-1-3-7-16/h1-3,6-7,17-18H,4-5,8-15H2,(H,24,25)/t17?,18-,21-/m1/s1. The lowest BCUT2D eigenvalue weighted by Gasteiger charge is -2.38. The third-order valence-corrected chi connectivity index (χ3v) is 6.67. The van der Waals surface area contributed by atoms with Gasteiger partial charge in [-0.25, -0.2) is 0 Å². The molecule has 1 aliphatic carbocycles. The highest BCUT2D eigenvalue weighted by Crippen LogP contribution is 2.50. The summed E-state index contributed by atoms with van der Waals surface area (Å²) in [5.41, 5.74) is 1.01. The number of carbonyl (C=O) groups is 2. The van der Waals surface area contributed by atoms with Gasteiger partial charge < -0.3 is 10.0 Å². The van der Waals surface area contributed by atoms with Crippen LogP contribution in [0.3, 0.4) is 0 Å². The van der Waals surface area contributed by atoms with Crippen LogP contribution in [0.4, 0.5) is 0 Å². The van der Waals surface area contributed by atoms with Crippen LogP contribution in [-0.2, 0) is 16.1 Å². The molecular weight excluding hydrogens is 328 g/mol. The van der Waals surface area contributed by atoms with Gasteiger partial charge in [0.25, 0.3) is 0 Å². The van der Waals surface area contributed by atoms with E-state index in [0.29, 0.717) is 18.9 Å². The van der Waals surface area contributed by atoms with Crippen LogP contribution in [0, 0.1) is 17.3 Å². The summed E-state index contributed by atoms with van der Waals surface area (Å²) in [5, 5.41) is 9.35. The summed E-state index contributed by atoms with van der Waals surface area (Å²) in [7, 11) is 0. The lowest BCUT2D eigenvalue weighted by atomic mass is 9.78. The van der Waals surface area contributed by atoms with Gasteiger partial charge in [-0.2, -0.15) is 0 Å². The molecule has 1 saturated carbocycles. The lowest BCUT2D eigenvalue weighted by Crippen LogP contribution is -2.51. The normalized spacial score (nSPS) is 31.8. The topological polar surface area (TPSA) is 60.9 Å². The Morgan fingerprint density at radius 2 is 1.92 bits per heavy atom. The molecular formula is C21H28N2O3. The van der Waals surface area contributed by atoms with Gasteiger partial charge in [0.2, 0.25) is 5.91 Å². The molecule has 0 bridgehead atoms. The van der Waals surface area contributed by atoms with Gasteiger partial charge >= 0.3 is 5.97 Å². The molecule has 26 heavy (non-hydrogen) atoms. The fraction of sp³-hybridized carbons (Fsp3) is 0.619. The minimum absolute atomic E-state index is 0.224. The summed E-state index contributed by atoms with van der Waals surface area (Å²) < 4.78 is 0. The molecule has 2 aliphatic heterocycles. The molecule has 2 heterocycles. The Morgan fingerprint density at radius 3 is 2.69 bits per heavy atom.